The Balaban J connectivity index is 1.29. The number of amides is 1. The van der Waals surface area contributed by atoms with Crippen LogP contribution in [0.4, 0.5) is 5.00 Å². The Hall–Kier alpha value is -5.06. The molecule has 0 aliphatic carbocycles. The number of anilines is 1. The number of nitrogens with one attached hydrogen (secondary N) is 1. The molecule has 0 spiro atoms. The first-order chi connectivity index (χ1) is 22.0. The summed E-state index contributed by atoms with van der Waals surface area (Å²) in [5.74, 6) is -0.0692. The summed E-state index contributed by atoms with van der Waals surface area (Å²) < 4.78 is 7.04. The molecule has 6 aromatic rings. The lowest BCUT2D eigenvalue weighted by Gasteiger charge is -2.12. The number of thioether (sulfide) groups is 1. The first-order valence-electron chi connectivity index (χ1n) is 14.2. The summed E-state index contributed by atoms with van der Waals surface area (Å²) in [6, 6.07) is 29.6. The predicted molar refractivity (Wildman–Crippen MR) is 182 cm³/mol. The third-order valence-electron chi connectivity index (χ3n) is 7.18. The van der Waals surface area contributed by atoms with Crippen LogP contribution in [0.1, 0.15) is 15.2 Å². The molecule has 0 bridgehead atoms. The highest BCUT2D eigenvalue weighted by Gasteiger charge is 2.25. The van der Waals surface area contributed by atoms with E-state index in [1.807, 2.05) is 102 Å². The topological polar surface area (TPSA) is 99.0 Å². The van der Waals surface area contributed by atoms with Gasteiger partial charge < -0.3 is 10.1 Å². The highest BCUT2D eigenvalue weighted by Crippen LogP contribution is 2.40. The Labute approximate surface area is 268 Å². The molecule has 8 nitrogen and oxygen atoms in total. The van der Waals surface area contributed by atoms with Gasteiger partial charge in [-0.15, -0.1) is 28.1 Å². The molecule has 3 aromatic carbocycles. The lowest BCUT2D eigenvalue weighted by molar-refractivity contribution is -0.113. The molecule has 0 radical (unpaired) electrons. The van der Waals surface area contributed by atoms with Gasteiger partial charge in [0.1, 0.15) is 10.6 Å². The van der Waals surface area contributed by atoms with Crippen LogP contribution < -0.4 is 5.32 Å². The van der Waals surface area contributed by atoms with E-state index in [1.54, 1.807) is 6.08 Å². The van der Waals surface area contributed by atoms with Crippen LogP contribution in [0.5, 0.6) is 0 Å². The van der Waals surface area contributed by atoms with Crippen LogP contribution in [0.15, 0.2) is 109 Å². The number of nitrogens with zero attached hydrogens (tertiary/aromatic N) is 4. The number of aryl methyl sites for hydroxylation is 1. The lowest BCUT2D eigenvalue weighted by Crippen LogP contribution is -2.16. The van der Waals surface area contributed by atoms with Crippen molar-refractivity contribution >= 4 is 50.9 Å². The molecule has 45 heavy (non-hydrogen) atoms. The van der Waals surface area contributed by atoms with E-state index in [-0.39, 0.29) is 11.7 Å². The third kappa shape index (κ3) is 6.15. The van der Waals surface area contributed by atoms with Gasteiger partial charge >= 0.3 is 5.97 Å². The van der Waals surface area contributed by atoms with Gasteiger partial charge in [-0.05, 0) is 24.6 Å². The van der Waals surface area contributed by atoms with Crippen molar-refractivity contribution in [3.63, 3.8) is 0 Å². The van der Waals surface area contributed by atoms with Crippen molar-refractivity contribution in [3.8, 4) is 33.8 Å². The maximum atomic E-state index is 13.3. The van der Waals surface area contributed by atoms with Gasteiger partial charge in [-0.25, -0.2) is 9.78 Å². The van der Waals surface area contributed by atoms with Crippen molar-refractivity contribution in [1.82, 2.24) is 19.7 Å². The summed E-state index contributed by atoms with van der Waals surface area (Å²) in [6.07, 6.45) is 1.78. The van der Waals surface area contributed by atoms with E-state index in [1.165, 1.54) is 30.2 Å². The zero-order valence-electron chi connectivity index (χ0n) is 24.7. The Kier molecular flexibility index (Phi) is 8.86. The van der Waals surface area contributed by atoms with Gasteiger partial charge in [0.15, 0.2) is 11.0 Å². The van der Waals surface area contributed by atoms with Crippen LogP contribution >= 0.6 is 23.1 Å². The number of methoxy groups -OCH3 is 1. The van der Waals surface area contributed by atoms with Crippen LogP contribution in [0.25, 0.3) is 44.7 Å². The fourth-order valence-electron chi connectivity index (χ4n) is 5.18. The van der Waals surface area contributed by atoms with E-state index in [0.717, 1.165) is 43.7 Å². The van der Waals surface area contributed by atoms with E-state index >= 15 is 0 Å². The molecule has 10 heteroatoms. The summed E-state index contributed by atoms with van der Waals surface area (Å²) >= 11 is 2.61. The van der Waals surface area contributed by atoms with E-state index in [4.69, 9.17) is 9.72 Å². The Morgan fingerprint density at radius 3 is 2.38 bits per heavy atom. The van der Waals surface area contributed by atoms with Crippen molar-refractivity contribution in [1.29, 1.82) is 0 Å². The molecular weight excluding hydrogens is 603 g/mol. The molecule has 224 valence electrons. The zero-order chi connectivity index (χ0) is 31.3. The normalized spacial score (nSPS) is 11.0. The second-order valence-electron chi connectivity index (χ2n) is 10.1. The van der Waals surface area contributed by atoms with Crippen LogP contribution in [0, 0.1) is 6.92 Å². The molecule has 0 unspecified atom stereocenters. The van der Waals surface area contributed by atoms with Gasteiger partial charge in [0, 0.05) is 33.5 Å². The molecule has 3 aromatic heterocycles. The maximum absolute atomic E-state index is 13.3. The lowest BCUT2D eigenvalue weighted by atomic mass is 10.0. The molecule has 0 aliphatic heterocycles. The number of thiophene rings is 1. The standard InChI is InChI=1S/C35H29N5O3S2/c1-4-19-40-32(26-20-28(23-13-7-5-8-14-23)36-27-18-12-11-17-25(26)27)38-39-35(40)44-21-29(41)37-33-31(34(42)43-3)30(22(2)45-33)24-15-9-6-10-16-24/h4-18,20H,1,19,21H2,2-3H3,(H,37,41). The molecule has 0 saturated carbocycles. The fraction of sp³-hybridized carbons (Fsp3) is 0.114. The van der Waals surface area contributed by atoms with Crippen molar-refractivity contribution < 1.29 is 14.3 Å². The van der Waals surface area contributed by atoms with Crippen LogP contribution in [-0.4, -0.2) is 44.5 Å². The average molecular weight is 632 g/mol. The number of para-hydroxylation sites is 1. The number of hydrogen-bond donors (Lipinski definition) is 1. The highest BCUT2D eigenvalue weighted by molar-refractivity contribution is 7.99. The first kappa shape index (κ1) is 30.0. The predicted octanol–water partition coefficient (Wildman–Crippen LogP) is 7.90. The summed E-state index contributed by atoms with van der Waals surface area (Å²) in [5, 5.41) is 14.0. The van der Waals surface area contributed by atoms with Gasteiger partial charge in [0.2, 0.25) is 5.91 Å². The minimum Gasteiger partial charge on any atom is -0.465 e. The van der Waals surface area contributed by atoms with Crippen molar-refractivity contribution in [3.05, 3.63) is 114 Å². The van der Waals surface area contributed by atoms with Crippen molar-refractivity contribution in [2.24, 2.45) is 0 Å². The number of aromatic nitrogens is 4. The van der Waals surface area contributed by atoms with Crippen LogP contribution in [-0.2, 0) is 16.1 Å². The fourth-order valence-corrected chi connectivity index (χ4v) is 7.01. The Morgan fingerprint density at radius 1 is 0.978 bits per heavy atom. The van der Waals surface area contributed by atoms with Gasteiger partial charge in [0.25, 0.3) is 0 Å². The van der Waals surface area contributed by atoms with E-state index in [2.05, 4.69) is 22.1 Å². The Morgan fingerprint density at radius 2 is 1.67 bits per heavy atom. The molecule has 6 rings (SSSR count). The van der Waals surface area contributed by atoms with Gasteiger partial charge in [-0.3, -0.25) is 9.36 Å². The minimum atomic E-state index is -0.504. The number of carbonyl (C=O) groups is 2. The number of allylic oxidation sites excluding steroid dienone is 1. The minimum absolute atomic E-state index is 0.0554. The SMILES string of the molecule is C=CCn1c(SCC(=O)Nc2sc(C)c(-c3ccccc3)c2C(=O)OC)nnc1-c1cc(-c2ccccc2)nc2ccccc12. The summed E-state index contributed by atoms with van der Waals surface area (Å²) in [5.41, 5.74) is 5.54. The largest absolute Gasteiger partial charge is 0.465 e. The van der Waals surface area contributed by atoms with Crippen molar-refractivity contribution in [2.75, 3.05) is 18.2 Å². The zero-order valence-corrected chi connectivity index (χ0v) is 26.3. The first-order valence-corrected chi connectivity index (χ1v) is 16.0. The second kappa shape index (κ2) is 13.3. The number of carbonyl (C=O) groups excluding carboxylic acids is 2. The number of pyridine rings is 1. The number of rotatable bonds is 10. The molecule has 0 aliphatic rings. The van der Waals surface area contributed by atoms with Gasteiger partial charge in [-0.2, -0.15) is 0 Å². The van der Waals surface area contributed by atoms with E-state index in [0.29, 0.717) is 28.1 Å². The molecule has 1 N–H and O–H groups in total. The molecule has 0 saturated heterocycles. The highest BCUT2D eigenvalue weighted by atomic mass is 32.2. The summed E-state index contributed by atoms with van der Waals surface area (Å²) in [7, 11) is 1.34. The molecular formula is C35H29N5O3S2. The van der Waals surface area contributed by atoms with Gasteiger partial charge in [-0.1, -0.05) is 96.7 Å². The molecule has 3 heterocycles. The van der Waals surface area contributed by atoms with Gasteiger partial charge in [0.05, 0.1) is 24.1 Å². The number of hydrogen-bond acceptors (Lipinski definition) is 8. The number of fused-ring (bicyclic) bond motifs is 1. The molecule has 0 fully saturated rings. The second-order valence-corrected chi connectivity index (χ2v) is 12.2. The average Bonchev–Trinajstić information content (AvgIpc) is 3.63. The quantitative estimate of drug-likeness (QED) is 0.0932. The monoisotopic (exact) mass is 631 g/mol. The number of benzene rings is 3. The third-order valence-corrected chi connectivity index (χ3v) is 9.16. The maximum Gasteiger partial charge on any atom is 0.341 e. The van der Waals surface area contributed by atoms with Crippen LogP contribution in [0.2, 0.25) is 0 Å². The number of esters is 1. The van der Waals surface area contributed by atoms with Crippen molar-refractivity contribution in [2.45, 2.75) is 18.6 Å². The molecule has 1 amide bonds. The van der Waals surface area contributed by atoms with Crippen LogP contribution in [0.3, 0.4) is 0 Å². The summed E-state index contributed by atoms with van der Waals surface area (Å²) in [6.45, 7) is 6.31. The van der Waals surface area contributed by atoms with E-state index < -0.39 is 5.97 Å². The molecule has 0 atom stereocenters. The Bertz CT molecular complexity index is 2020. The number of ether oxygens (including phenoxy) is 1. The summed E-state index contributed by atoms with van der Waals surface area (Å²) in [4.78, 5) is 31.9. The smallest absolute Gasteiger partial charge is 0.341 e. The van der Waals surface area contributed by atoms with E-state index in [9.17, 15) is 9.59 Å².